The molecule has 0 aromatic heterocycles. The molecule has 2 rings (SSSR count). The fourth-order valence-electron chi connectivity index (χ4n) is 3.18. The summed E-state index contributed by atoms with van der Waals surface area (Å²) in [7, 11) is 0. The molecule has 116 valence electrons. The van der Waals surface area contributed by atoms with Crippen molar-refractivity contribution in [1.82, 2.24) is 10.2 Å². The molecule has 0 bridgehead atoms. The third-order valence-electron chi connectivity index (χ3n) is 4.29. The predicted molar refractivity (Wildman–Crippen MR) is 82.8 cm³/mol. The molecule has 1 fully saturated rings. The number of halogens is 1. The molecule has 0 saturated carbocycles. The lowest BCUT2D eigenvalue weighted by atomic mass is 9.95. The summed E-state index contributed by atoms with van der Waals surface area (Å²) in [5.74, 6) is -0.135. The first kappa shape index (κ1) is 16.1. The zero-order valence-corrected chi connectivity index (χ0v) is 12.7. The van der Waals surface area contributed by atoms with Gasteiger partial charge in [-0.05, 0) is 44.0 Å². The highest BCUT2D eigenvalue weighted by molar-refractivity contribution is 5.59. The van der Waals surface area contributed by atoms with Crippen molar-refractivity contribution in [3.8, 4) is 0 Å². The third kappa shape index (κ3) is 4.35. The van der Waals surface area contributed by atoms with Gasteiger partial charge in [-0.15, -0.1) is 0 Å². The van der Waals surface area contributed by atoms with Gasteiger partial charge in [0.25, 0.3) is 0 Å². The van der Waals surface area contributed by atoms with Crippen LogP contribution in [-0.4, -0.2) is 42.9 Å². The van der Waals surface area contributed by atoms with Crippen molar-refractivity contribution in [2.24, 2.45) is 0 Å². The van der Waals surface area contributed by atoms with E-state index < -0.39 is 0 Å². The van der Waals surface area contributed by atoms with Gasteiger partial charge >= 0.3 is 0 Å². The summed E-state index contributed by atoms with van der Waals surface area (Å²) in [6.45, 7) is 4.61. The SMILES string of the molecule is CCNC(C=O)C1CCCCN1CCc1ccccc1F. The second-order valence-electron chi connectivity index (χ2n) is 5.66. The Morgan fingerprint density at radius 2 is 2.24 bits per heavy atom. The first-order chi connectivity index (χ1) is 10.3. The summed E-state index contributed by atoms with van der Waals surface area (Å²) >= 11 is 0. The van der Waals surface area contributed by atoms with Crippen LogP contribution >= 0.6 is 0 Å². The van der Waals surface area contributed by atoms with Crippen LogP contribution in [-0.2, 0) is 11.2 Å². The monoisotopic (exact) mass is 292 g/mol. The Hall–Kier alpha value is -1.26. The lowest BCUT2D eigenvalue weighted by Crippen LogP contribution is -2.53. The molecule has 4 heteroatoms. The number of carbonyl (C=O) groups is 1. The van der Waals surface area contributed by atoms with Gasteiger partial charge in [0, 0.05) is 12.6 Å². The van der Waals surface area contributed by atoms with E-state index >= 15 is 0 Å². The zero-order valence-electron chi connectivity index (χ0n) is 12.7. The fraction of sp³-hybridized carbons (Fsp3) is 0.588. The number of nitrogens with zero attached hydrogens (tertiary/aromatic N) is 1. The Morgan fingerprint density at radius 1 is 1.43 bits per heavy atom. The van der Waals surface area contributed by atoms with Crippen LogP contribution < -0.4 is 5.32 Å². The quantitative estimate of drug-likeness (QED) is 0.783. The van der Waals surface area contributed by atoms with E-state index in [1.807, 2.05) is 19.1 Å². The Bertz CT molecular complexity index is 452. The van der Waals surface area contributed by atoms with Gasteiger partial charge in [-0.2, -0.15) is 0 Å². The van der Waals surface area contributed by atoms with E-state index in [9.17, 15) is 9.18 Å². The molecule has 0 amide bonds. The Morgan fingerprint density at radius 3 is 2.95 bits per heavy atom. The molecule has 1 aliphatic heterocycles. The number of hydrogen-bond acceptors (Lipinski definition) is 3. The highest BCUT2D eigenvalue weighted by Crippen LogP contribution is 2.20. The van der Waals surface area contributed by atoms with Crippen LogP contribution in [0.15, 0.2) is 24.3 Å². The normalized spacial score (nSPS) is 21.1. The molecule has 1 saturated heterocycles. The number of likely N-dealkylation sites (N-methyl/N-ethyl adjacent to an activating group) is 1. The molecule has 0 radical (unpaired) electrons. The summed E-state index contributed by atoms with van der Waals surface area (Å²) in [5.41, 5.74) is 0.757. The van der Waals surface area contributed by atoms with Gasteiger partial charge in [0.1, 0.15) is 12.1 Å². The van der Waals surface area contributed by atoms with Gasteiger partial charge in [0.2, 0.25) is 0 Å². The Labute approximate surface area is 126 Å². The lowest BCUT2D eigenvalue weighted by molar-refractivity contribution is -0.111. The largest absolute Gasteiger partial charge is 0.307 e. The van der Waals surface area contributed by atoms with Crippen LogP contribution in [0, 0.1) is 5.82 Å². The number of hydrogen-bond donors (Lipinski definition) is 1. The molecule has 1 heterocycles. The van der Waals surface area contributed by atoms with E-state index in [0.29, 0.717) is 6.42 Å². The highest BCUT2D eigenvalue weighted by atomic mass is 19.1. The van der Waals surface area contributed by atoms with E-state index in [-0.39, 0.29) is 17.9 Å². The molecule has 2 unspecified atom stereocenters. The third-order valence-corrected chi connectivity index (χ3v) is 4.29. The summed E-state index contributed by atoms with van der Waals surface area (Å²) in [5, 5.41) is 3.26. The van der Waals surface area contributed by atoms with Gasteiger partial charge in [0.15, 0.2) is 0 Å². The summed E-state index contributed by atoms with van der Waals surface area (Å²) in [6, 6.07) is 7.07. The Kier molecular flexibility index (Phi) is 6.33. The van der Waals surface area contributed by atoms with E-state index in [1.165, 1.54) is 6.07 Å². The number of benzene rings is 1. The topological polar surface area (TPSA) is 32.3 Å². The standard InChI is InChI=1S/C17H25FN2O/c1-2-19-16(13-21)17-9-5-6-11-20(17)12-10-14-7-3-4-8-15(14)18/h3-4,7-8,13,16-17,19H,2,5-6,9-12H2,1H3. The van der Waals surface area contributed by atoms with Crippen molar-refractivity contribution in [3.63, 3.8) is 0 Å². The number of piperidine rings is 1. The van der Waals surface area contributed by atoms with Gasteiger partial charge in [-0.1, -0.05) is 31.5 Å². The van der Waals surface area contributed by atoms with E-state index in [0.717, 1.165) is 50.7 Å². The number of aldehydes is 1. The minimum Gasteiger partial charge on any atom is -0.307 e. The van der Waals surface area contributed by atoms with Crippen molar-refractivity contribution in [1.29, 1.82) is 0 Å². The fourth-order valence-corrected chi connectivity index (χ4v) is 3.18. The minimum absolute atomic E-state index is 0.115. The minimum atomic E-state index is -0.135. The summed E-state index contributed by atoms with van der Waals surface area (Å²) in [4.78, 5) is 13.7. The van der Waals surface area contributed by atoms with Crippen LogP contribution in [0.1, 0.15) is 31.7 Å². The first-order valence-electron chi connectivity index (χ1n) is 7.92. The molecule has 1 aliphatic rings. The van der Waals surface area contributed by atoms with Crippen LogP contribution in [0.3, 0.4) is 0 Å². The maximum Gasteiger partial charge on any atom is 0.138 e. The molecule has 1 N–H and O–H groups in total. The average molecular weight is 292 g/mol. The van der Waals surface area contributed by atoms with Crippen LogP contribution in [0.5, 0.6) is 0 Å². The maximum absolute atomic E-state index is 13.7. The molecule has 0 aliphatic carbocycles. The van der Waals surface area contributed by atoms with Crippen molar-refractivity contribution in [2.45, 2.75) is 44.7 Å². The molecule has 21 heavy (non-hydrogen) atoms. The van der Waals surface area contributed by atoms with Crippen molar-refractivity contribution in [3.05, 3.63) is 35.6 Å². The van der Waals surface area contributed by atoms with E-state index in [1.54, 1.807) is 6.07 Å². The predicted octanol–water partition coefficient (Wildman–Crippen LogP) is 2.40. The second-order valence-corrected chi connectivity index (χ2v) is 5.66. The molecular formula is C17H25FN2O. The van der Waals surface area contributed by atoms with Crippen LogP contribution in [0.2, 0.25) is 0 Å². The van der Waals surface area contributed by atoms with Crippen molar-refractivity contribution >= 4 is 6.29 Å². The second kappa shape index (κ2) is 8.25. The maximum atomic E-state index is 13.7. The average Bonchev–Trinajstić information content (AvgIpc) is 2.52. The summed E-state index contributed by atoms with van der Waals surface area (Å²) < 4.78 is 13.7. The number of rotatable bonds is 7. The molecule has 2 atom stereocenters. The van der Waals surface area contributed by atoms with Crippen LogP contribution in [0.4, 0.5) is 4.39 Å². The lowest BCUT2D eigenvalue weighted by Gasteiger charge is -2.39. The molecule has 1 aromatic rings. The number of carbonyl (C=O) groups excluding carboxylic acids is 1. The van der Waals surface area contributed by atoms with Crippen LogP contribution in [0.25, 0.3) is 0 Å². The van der Waals surface area contributed by atoms with Gasteiger partial charge < -0.3 is 10.1 Å². The van der Waals surface area contributed by atoms with E-state index in [2.05, 4.69) is 10.2 Å². The molecule has 3 nitrogen and oxygen atoms in total. The molecular weight excluding hydrogens is 267 g/mol. The molecule has 0 spiro atoms. The smallest absolute Gasteiger partial charge is 0.138 e. The Balaban J connectivity index is 1.98. The first-order valence-corrected chi connectivity index (χ1v) is 7.92. The zero-order chi connectivity index (χ0) is 15.1. The van der Waals surface area contributed by atoms with Gasteiger partial charge in [-0.3, -0.25) is 4.90 Å². The van der Waals surface area contributed by atoms with Crippen molar-refractivity contribution in [2.75, 3.05) is 19.6 Å². The number of nitrogens with one attached hydrogen (secondary N) is 1. The number of likely N-dealkylation sites (tertiary alicyclic amines) is 1. The van der Waals surface area contributed by atoms with Gasteiger partial charge in [0.05, 0.1) is 6.04 Å². The van der Waals surface area contributed by atoms with E-state index in [4.69, 9.17) is 0 Å². The van der Waals surface area contributed by atoms with Crippen molar-refractivity contribution < 1.29 is 9.18 Å². The molecule has 1 aromatic carbocycles. The van der Waals surface area contributed by atoms with Gasteiger partial charge in [-0.25, -0.2) is 4.39 Å². The summed E-state index contributed by atoms with van der Waals surface area (Å²) in [6.07, 6.45) is 5.08. The highest BCUT2D eigenvalue weighted by Gasteiger charge is 2.28.